The minimum atomic E-state index is -5.08. The number of carbonyl (C=O) groups is 1. The number of ether oxygens (including phenoxy) is 2. The molecule has 0 aromatic heterocycles. The first-order valence-electron chi connectivity index (χ1n) is 35.9. The number of hydrogen-bond donors (Lipinski definition) is 6. The van der Waals surface area contributed by atoms with E-state index in [4.69, 9.17) is 9.47 Å². The van der Waals surface area contributed by atoms with Crippen molar-refractivity contribution in [3.63, 3.8) is 0 Å². The molecule has 1 aliphatic rings. The highest BCUT2D eigenvalue weighted by atomic mass is 32.3. The predicted octanol–water partition coefficient (Wildman–Crippen LogP) is 18.8. The van der Waals surface area contributed by atoms with Gasteiger partial charge in [0.2, 0.25) is 5.91 Å². The van der Waals surface area contributed by atoms with Crippen molar-refractivity contribution in [2.75, 3.05) is 13.2 Å². The van der Waals surface area contributed by atoms with Crippen molar-refractivity contribution in [1.29, 1.82) is 0 Å². The summed E-state index contributed by atoms with van der Waals surface area (Å²) in [5, 5.41) is 45.3. The van der Waals surface area contributed by atoms with Crippen molar-refractivity contribution < 1.29 is 51.8 Å². The first-order valence-corrected chi connectivity index (χ1v) is 37.3. The topological polar surface area (TPSA) is 192 Å². The standard InChI is InChI=1S/C69H137NO11S/c1-3-5-7-9-11-13-15-17-19-21-23-25-27-28-29-30-31-32-33-34-35-36-37-39-41-43-45-47-49-51-53-55-57-59-65(73)70-62(61-79-69-67(75)68(81-82(76,77)78)66(74)64(60-71)80-69)63(72)58-56-54-52-50-48-46-44-42-40-38-26-24-22-20-18-16-14-12-10-8-6-4-2/h62-64,66-69,71-72,74-75H,3-61H2,1-2H3,(H,70,73)(H,76,77,78). The van der Waals surface area contributed by atoms with Gasteiger partial charge >= 0.3 is 10.4 Å². The Labute approximate surface area is 507 Å². The average molecular weight is 1190 g/mol. The van der Waals surface area contributed by atoms with Gasteiger partial charge in [-0.15, -0.1) is 0 Å². The van der Waals surface area contributed by atoms with Crippen LogP contribution in [0.4, 0.5) is 0 Å². The van der Waals surface area contributed by atoms with Gasteiger partial charge < -0.3 is 35.2 Å². The zero-order chi connectivity index (χ0) is 59.7. The van der Waals surface area contributed by atoms with Crippen molar-refractivity contribution in [2.24, 2.45) is 0 Å². The number of unbranched alkanes of at least 4 members (excludes halogenated alkanes) is 53. The molecular weight excluding hydrogens is 1050 g/mol. The van der Waals surface area contributed by atoms with Crippen molar-refractivity contribution in [1.82, 2.24) is 5.32 Å². The quantitative estimate of drug-likeness (QED) is 0.0251. The zero-order valence-corrected chi connectivity index (χ0v) is 54.7. The van der Waals surface area contributed by atoms with E-state index < -0.39 is 59.9 Å². The normalized spacial score (nSPS) is 18.4. The van der Waals surface area contributed by atoms with E-state index in [1.807, 2.05) is 0 Å². The van der Waals surface area contributed by atoms with Gasteiger partial charge in [-0.1, -0.05) is 361 Å². The van der Waals surface area contributed by atoms with Crippen LogP contribution in [0.5, 0.6) is 0 Å². The molecule has 7 unspecified atom stereocenters. The lowest BCUT2D eigenvalue weighted by atomic mass is 9.99. The predicted molar refractivity (Wildman–Crippen MR) is 343 cm³/mol. The Morgan fingerprint density at radius 3 is 0.976 bits per heavy atom. The molecule has 0 bridgehead atoms. The van der Waals surface area contributed by atoms with Crippen LogP contribution in [0.2, 0.25) is 0 Å². The number of nitrogens with one attached hydrogen (secondary N) is 1. The maximum atomic E-state index is 13.2. The number of aliphatic hydroxyl groups excluding tert-OH is 4. The Hall–Kier alpha value is -0.900. The van der Waals surface area contributed by atoms with Crippen LogP contribution in [0, 0.1) is 0 Å². The van der Waals surface area contributed by atoms with Crippen LogP contribution in [-0.4, -0.2) is 95.4 Å². The molecule has 0 spiro atoms. The molecule has 1 fully saturated rings. The molecule has 1 saturated heterocycles. The van der Waals surface area contributed by atoms with Gasteiger partial charge in [-0.05, 0) is 12.8 Å². The SMILES string of the molecule is CCCCCCCCCCCCCCCCCCCCCCCCCCCCCCCCCCCC(=O)NC(COC1OC(CO)C(O)C(OS(=O)(=O)O)C1O)C(O)CCCCCCCCCCCCCCCCCCCCCCCC. The van der Waals surface area contributed by atoms with Gasteiger partial charge in [0.1, 0.15) is 24.4 Å². The summed E-state index contributed by atoms with van der Waals surface area (Å²) in [6.07, 6.45) is 64.3. The number of carbonyl (C=O) groups excluding carboxylic acids is 1. The van der Waals surface area contributed by atoms with E-state index >= 15 is 0 Å². The number of aliphatic hydroxyl groups is 4. The van der Waals surface area contributed by atoms with Gasteiger partial charge in [-0.2, -0.15) is 8.42 Å². The Balaban J connectivity index is 2.19. The highest BCUT2D eigenvalue weighted by Gasteiger charge is 2.48. The smallest absolute Gasteiger partial charge is 0.394 e. The summed E-state index contributed by atoms with van der Waals surface area (Å²) in [5.74, 6) is -0.219. The van der Waals surface area contributed by atoms with Gasteiger partial charge in [-0.25, -0.2) is 4.18 Å². The van der Waals surface area contributed by atoms with Crippen LogP contribution in [-0.2, 0) is 28.9 Å². The molecule has 1 amide bonds. The van der Waals surface area contributed by atoms with Crippen LogP contribution in [0.25, 0.3) is 0 Å². The molecule has 1 rings (SSSR count). The third-order valence-corrected chi connectivity index (χ3v) is 18.1. The lowest BCUT2D eigenvalue weighted by Crippen LogP contribution is -2.61. The lowest BCUT2D eigenvalue weighted by molar-refractivity contribution is -0.298. The fraction of sp³-hybridized carbons (Fsp3) is 0.986. The monoisotopic (exact) mass is 1190 g/mol. The molecule has 0 aliphatic carbocycles. The summed E-state index contributed by atoms with van der Waals surface area (Å²) in [4.78, 5) is 13.2. The maximum absolute atomic E-state index is 13.2. The van der Waals surface area contributed by atoms with Crippen LogP contribution in [0.1, 0.15) is 380 Å². The molecule has 82 heavy (non-hydrogen) atoms. The maximum Gasteiger partial charge on any atom is 0.397 e. The summed E-state index contributed by atoms with van der Waals surface area (Å²) >= 11 is 0. The molecule has 490 valence electrons. The highest BCUT2D eigenvalue weighted by Crippen LogP contribution is 2.27. The Morgan fingerprint density at radius 1 is 0.439 bits per heavy atom. The Morgan fingerprint density at radius 2 is 0.707 bits per heavy atom. The fourth-order valence-electron chi connectivity index (χ4n) is 12.2. The van der Waals surface area contributed by atoms with Crippen molar-refractivity contribution >= 4 is 16.3 Å². The second-order valence-electron chi connectivity index (χ2n) is 25.5. The van der Waals surface area contributed by atoms with Gasteiger partial charge in [0.15, 0.2) is 6.29 Å². The zero-order valence-electron chi connectivity index (χ0n) is 53.9. The molecule has 1 heterocycles. The highest BCUT2D eigenvalue weighted by molar-refractivity contribution is 7.80. The van der Waals surface area contributed by atoms with Crippen molar-refractivity contribution in [2.45, 2.75) is 423 Å². The lowest BCUT2D eigenvalue weighted by Gasteiger charge is -2.41. The second kappa shape index (κ2) is 59.1. The summed E-state index contributed by atoms with van der Waals surface area (Å²) < 4.78 is 48.1. The summed E-state index contributed by atoms with van der Waals surface area (Å²) in [5.41, 5.74) is 0. The van der Waals surface area contributed by atoms with Crippen molar-refractivity contribution in [3.05, 3.63) is 0 Å². The van der Waals surface area contributed by atoms with Gasteiger partial charge in [0.25, 0.3) is 0 Å². The van der Waals surface area contributed by atoms with E-state index in [0.29, 0.717) is 12.8 Å². The van der Waals surface area contributed by atoms with E-state index in [1.165, 1.54) is 302 Å². The number of rotatable bonds is 65. The molecule has 0 radical (unpaired) electrons. The van der Waals surface area contributed by atoms with E-state index in [0.717, 1.165) is 51.4 Å². The molecule has 0 saturated carbocycles. The van der Waals surface area contributed by atoms with E-state index in [9.17, 15) is 38.2 Å². The van der Waals surface area contributed by atoms with Crippen LogP contribution in [0.3, 0.4) is 0 Å². The van der Waals surface area contributed by atoms with Crippen LogP contribution >= 0.6 is 0 Å². The van der Waals surface area contributed by atoms with Gasteiger partial charge in [0, 0.05) is 6.42 Å². The molecule has 0 aromatic carbocycles. The summed E-state index contributed by atoms with van der Waals surface area (Å²) in [6.45, 7) is 3.53. The fourth-order valence-corrected chi connectivity index (χ4v) is 12.7. The van der Waals surface area contributed by atoms with E-state index in [-0.39, 0.29) is 12.5 Å². The third-order valence-electron chi connectivity index (χ3n) is 17.7. The number of amides is 1. The summed E-state index contributed by atoms with van der Waals surface area (Å²) in [7, 11) is -5.08. The Kier molecular flexibility index (Phi) is 57.0. The Bertz CT molecular complexity index is 1440. The van der Waals surface area contributed by atoms with Gasteiger partial charge in [0.05, 0.1) is 25.4 Å². The molecule has 7 atom stereocenters. The summed E-state index contributed by atoms with van der Waals surface area (Å²) in [6, 6.07) is -0.855. The number of hydrogen-bond acceptors (Lipinski definition) is 10. The molecule has 6 N–H and O–H groups in total. The van der Waals surface area contributed by atoms with Gasteiger partial charge in [-0.3, -0.25) is 9.35 Å². The van der Waals surface area contributed by atoms with Crippen molar-refractivity contribution in [3.8, 4) is 0 Å². The third kappa shape index (κ3) is 50.1. The first-order chi connectivity index (χ1) is 40.0. The largest absolute Gasteiger partial charge is 0.397 e. The molecule has 13 heteroatoms. The minimum Gasteiger partial charge on any atom is -0.394 e. The van der Waals surface area contributed by atoms with Crippen LogP contribution in [0.15, 0.2) is 0 Å². The molecular formula is C69H137NO11S. The minimum absolute atomic E-state index is 0.219. The first kappa shape index (κ1) is 79.1. The molecule has 1 aliphatic heterocycles. The molecule has 0 aromatic rings. The van der Waals surface area contributed by atoms with Crippen LogP contribution < -0.4 is 5.32 Å². The molecule has 12 nitrogen and oxygen atoms in total. The van der Waals surface area contributed by atoms with E-state index in [1.54, 1.807) is 0 Å². The average Bonchev–Trinajstić information content (AvgIpc) is 3.60. The van der Waals surface area contributed by atoms with E-state index in [2.05, 4.69) is 23.3 Å². The second-order valence-corrected chi connectivity index (χ2v) is 26.6.